The summed E-state index contributed by atoms with van der Waals surface area (Å²) in [5.41, 5.74) is 9.73. The second-order valence-electron chi connectivity index (χ2n) is 5.97. The zero-order valence-electron chi connectivity index (χ0n) is 13.6. The van der Waals surface area contributed by atoms with E-state index in [1.165, 1.54) is 5.56 Å². The third-order valence-electron chi connectivity index (χ3n) is 4.31. The van der Waals surface area contributed by atoms with Gasteiger partial charge in [-0.3, -0.25) is 20.2 Å². The van der Waals surface area contributed by atoms with Crippen molar-refractivity contribution in [2.75, 3.05) is 11.9 Å². The molecule has 1 aliphatic rings. The molecule has 6 nitrogen and oxygen atoms in total. The molecule has 3 N–H and O–H groups in total. The highest BCUT2D eigenvalue weighted by molar-refractivity contribution is 6.03. The maximum atomic E-state index is 12.6. The van der Waals surface area contributed by atoms with Crippen molar-refractivity contribution in [3.8, 4) is 5.69 Å². The molecule has 1 aliphatic heterocycles. The summed E-state index contributed by atoms with van der Waals surface area (Å²) in [5, 5.41) is 2.94. The molecule has 6 heteroatoms. The quantitative estimate of drug-likeness (QED) is 0.686. The molecule has 3 aromatic rings. The molecule has 126 valence electrons. The normalized spacial score (nSPS) is 16.7. The Labute approximate surface area is 145 Å². The molecule has 2 heterocycles. The van der Waals surface area contributed by atoms with Crippen LogP contribution in [0.4, 0.5) is 5.69 Å². The average molecular weight is 333 g/mol. The van der Waals surface area contributed by atoms with Gasteiger partial charge >= 0.3 is 0 Å². The highest BCUT2D eigenvalue weighted by Gasteiger charge is 2.16. The largest absolute Gasteiger partial charge is 0.321 e. The van der Waals surface area contributed by atoms with Crippen molar-refractivity contribution < 1.29 is 4.79 Å². The molecular formula is C19H19N5O. The molecule has 1 aromatic heterocycles. The van der Waals surface area contributed by atoms with Crippen molar-refractivity contribution in [2.45, 2.75) is 12.5 Å². The summed E-state index contributed by atoms with van der Waals surface area (Å²) in [7, 11) is 0. The summed E-state index contributed by atoms with van der Waals surface area (Å²) in [6.07, 6.45) is 4.28. The number of imidazole rings is 1. The fourth-order valence-electron chi connectivity index (χ4n) is 2.99. The van der Waals surface area contributed by atoms with Crippen molar-refractivity contribution in [3.63, 3.8) is 0 Å². The zero-order chi connectivity index (χ0) is 17.1. The third-order valence-corrected chi connectivity index (χ3v) is 4.31. The van der Waals surface area contributed by atoms with Gasteiger partial charge in [0.2, 0.25) is 0 Å². The van der Waals surface area contributed by atoms with Crippen LogP contribution >= 0.6 is 0 Å². The van der Waals surface area contributed by atoms with Gasteiger partial charge in [-0.05, 0) is 36.2 Å². The van der Waals surface area contributed by atoms with Gasteiger partial charge < -0.3 is 5.32 Å². The number of benzene rings is 2. The van der Waals surface area contributed by atoms with Crippen molar-refractivity contribution >= 4 is 11.6 Å². The fourth-order valence-corrected chi connectivity index (χ4v) is 2.99. The van der Waals surface area contributed by atoms with Gasteiger partial charge in [0.25, 0.3) is 5.91 Å². The lowest BCUT2D eigenvalue weighted by Crippen LogP contribution is -2.24. The molecule has 4 rings (SSSR count). The highest BCUT2D eigenvalue weighted by atomic mass is 16.2. The molecular weight excluding hydrogens is 314 g/mol. The molecule has 1 unspecified atom stereocenters. The maximum absolute atomic E-state index is 12.6. The number of carbonyl (C=O) groups excluding carboxylic acids is 1. The van der Waals surface area contributed by atoms with Crippen LogP contribution in [0, 0.1) is 0 Å². The number of para-hydroxylation sites is 1. The fraction of sp³-hybridized carbons (Fsp3) is 0.158. The van der Waals surface area contributed by atoms with Gasteiger partial charge in [-0.25, -0.2) is 4.98 Å². The van der Waals surface area contributed by atoms with Crippen LogP contribution in [0.2, 0.25) is 0 Å². The molecule has 0 aliphatic carbocycles. The van der Waals surface area contributed by atoms with Gasteiger partial charge in [0.1, 0.15) is 5.69 Å². The number of amides is 1. The van der Waals surface area contributed by atoms with Crippen LogP contribution in [-0.2, 0) is 0 Å². The van der Waals surface area contributed by atoms with E-state index in [4.69, 9.17) is 0 Å². The van der Waals surface area contributed by atoms with Crippen molar-refractivity contribution in [3.05, 3.63) is 78.4 Å². The lowest BCUT2D eigenvalue weighted by molar-refractivity contribution is 0.102. The van der Waals surface area contributed by atoms with Gasteiger partial charge in [-0.15, -0.1) is 0 Å². The van der Waals surface area contributed by atoms with Crippen molar-refractivity contribution in [2.24, 2.45) is 0 Å². The minimum absolute atomic E-state index is 0.185. The Morgan fingerprint density at radius 3 is 2.64 bits per heavy atom. The summed E-state index contributed by atoms with van der Waals surface area (Å²) in [6, 6.07) is 17.9. The lowest BCUT2D eigenvalue weighted by atomic mass is 10.1. The second-order valence-corrected chi connectivity index (χ2v) is 5.97. The first-order valence-electron chi connectivity index (χ1n) is 8.29. The van der Waals surface area contributed by atoms with E-state index in [1.54, 1.807) is 17.1 Å². The number of hydrazine groups is 1. The van der Waals surface area contributed by atoms with E-state index in [2.05, 4.69) is 21.2 Å². The maximum Gasteiger partial charge on any atom is 0.274 e. The molecule has 1 saturated heterocycles. The van der Waals surface area contributed by atoms with Crippen molar-refractivity contribution in [1.82, 2.24) is 20.4 Å². The molecule has 0 bridgehead atoms. The predicted molar refractivity (Wildman–Crippen MR) is 96.5 cm³/mol. The Morgan fingerprint density at radius 2 is 1.92 bits per heavy atom. The number of anilines is 1. The van der Waals surface area contributed by atoms with E-state index >= 15 is 0 Å². The minimum atomic E-state index is -0.185. The number of nitrogens with zero attached hydrogens (tertiary/aromatic N) is 2. The van der Waals surface area contributed by atoms with Crippen LogP contribution in [-0.4, -0.2) is 22.0 Å². The van der Waals surface area contributed by atoms with E-state index in [0.29, 0.717) is 11.7 Å². The van der Waals surface area contributed by atoms with E-state index in [-0.39, 0.29) is 5.91 Å². The topological polar surface area (TPSA) is 71.0 Å². The van der Waals surface area contributed by atoms with E-state index in [1.807, 2.05) is 54.6 Å². The number of carbonyl (C=O) groups is 1. The lowest BCUT2D eigenvalue weighted by Gasteiger charge is -2.12. The number of hydrogen-bond acceptors (Lipinski definition) is 4. The number of hydrogen-bond donors (Lipinski definition) is 3. The Kier molecular flexibility index (Phi) is 4.28. The third kappa shape index (κ3) is 3.31. The van der Waals surface area contributed by atoms with Gasteiger partial charge in [0, 0.05) is 24.0 Å². The Bertz CT molecular complexity index is 851. The van der Waals surface area contributed by atoms with E-state index in [9.17, 15) is 4.79 Å². The molecule has 1 atom stereocenters. The van der Waals surface area contributed by atoms with Crippen LogP contribution in [0.5, 0.6) is 0 Å². The van der Waals surface area contributed by atoms with Crippen LogP contribution < -0.4 is 16.2 Å². The van der Waals surface area contributed by atoms with Gasteiger partial charge in [-0.2, -0.15) is 0 Å². The first-order chi connectivity index (χ1) is 12.3. The summed E-state index contributed by atoms with van der Waals surface area (Å²) in [5.74, 6) is -0.185. The van der Waals surface area contributed by atoms with Gasteiger partial charge in [-0.1, -0.05) is 30.3 Å². The molecule has 25 heavy (non-hydrogen) atoms. The van der Waals surface area contributed by atoms with E-state index in [0.717, 1.165) is 24.3 Å². The van der Waals surface area contributed by atoms with Gasteiger partial charge in [0.05, 0.1) is 12.5 Å². The Morgan fingerprint density at radius 1 is 1.12 bits per heavy atom. The summed E-state index contributed by atoms with van der Waals surface area (Å²) in [6.45, 7) is 0.965. The Balaban J connectivity index is 1.50. The van der Waals surface area contributed by atoms with Gasteiger partial charge in [0.15, 0.2) is 0 Å². The van der Waals surface area contributed by atoms with E-state index < -0.39 is 0 Å². The number of aromatic nitrogens is 2. The molecule has 1 fully saturated rings. The monoisotopic (exact) mass is 333 g/mol. The second kappa shape index (κ2) is 6.88. The first-order valence-corrected chi connectivity index (χ1v) is 8.29. The molecule has 1 amide bonds. The average Bonchev–Trinajstić information content (AvgIpc) is 3.35. The van der Waals surface area contributed by atoms with Crippen LogP contribution in [0.3, 0.4) is 0 Å². The standard InChI is InChI=1S/C19H19N5O/c25-19(18-12-20-13-24(18)16-4-2-1-3-5-16)22-15-8-6-14(7-9-15)17-10-11-21-23-17/h1-9,12-13,17,21,23H,10-11H2,(H,22,25). The number of nitrogens with one attached hydrogen (secondary N) is 3. The van der Waals surface area contributed by atoms with Crippen molar-refractivity contribution in [1.29, 1.82) is 0 Å². The smallest absolute Gasteiger partial charge is 0.274 e. The molecule has 0 spiro atoms. The minimum Gasteiger partial charge on any atom is -0.321 e. The summed E-state index contributed by atoms with van der Waals surface area (Å²) >= 11 is 0. The molecule has 0 saturated carbocycles. The highest BCUT2D eigenvalue weighted by Crippen LogP contribution is 2.21. The predicted octanol–water partition coefficient (Wildman–Crippen LogP) is 2.66. The zero-order valence-corrected chi connectivity index (χ0v) is 13.6. The van der Waals surface area contributed by atoms with Crippen LogP contribution in [0.25, 0.3) is 5.69 Å². The summed E-state index contributed by atoms with van der Waals surface area (Å²) in [4.78, 5) is 16.7. The SMILES string of the molecule is O=C(Nc1ccc(C2CCNN2)cc1)c1cncn1-c1ccccc1. The number of rotatable bonds is 4. The van der Waals surface area contributed by atoms with Crippen LogP contribution in [0.15, 0.2) is 67.1 Å². The Hall–Kier alpha value is -2.96. The molecule has 2 aromatic carbocycles. The summed E-state index contributed by atoms with van der Waals surface area (Å²) < 4.78 is 1.78. The van der Waals surface area contributed by atoms with Crippen LogP contribution in [0.1, 0.15) is 28.5 Å². The molecule has 0 radical (unpaired) electrons. The first kappa shape index (κ1) is 15.6.